The van der Waals surface area contributed by atoms with Gasteiger partial charge in [0.15, 0.2) is 0 Å². The van der Waals surface area contributed by atoms with Crippen LogP contribution in [0.1, 0.15) is 24.4 Å². The molecule has 1 saturated heterocycles. The Balaban J connectivity index is 1.26. The van der Waals surface area contributed by atoms with Gasteiger partial charge >= 0.3 is 0 Å². The van der Waals surface area contributed by atoms with Crippen molar-refractivity contribution >= 4 is 0 Å². The summed E-state index contributed by atoms with van der Waals surface area (Å²) in [6, 6.07) is 18.0. The van der Waals surface area contributed by atoms with E-state index in [1.165, 1.54) is 18.5 Å². The average molecular weight is 434 g/mol. The number of hydrogen-bond acceptors (Lipinski definition) is 5. The van der Waals surface area contributed by atoms with E-state index >= 15 is 0 Å². The van der Waals surface area contributed by atoms with Crippen LogP contribution < -0.4 is 15.2 Å². The molecule has 170 valence electrons. The molecule has 2 aromatic carbocycles. The van der Waals surface area contributed by atoms with Crippen LogP contribution in [0.2, 0.25) is 0 Å². The molecule has 32 heavy (non-hydrogen) atoms. The van der Waals surface area contributed by atoms with Crippen LogP contribution in [-0.2, 0) is 0 Å². The number of nitrogens with two attached hydrogens (primary N) is 1. The zero-order valence-corrected chi connectivity index (χ0v) is 19.0. The minimum Gasteiger partial charge on any atom is -0.497 e. The van der Waals surface area contributed by atoms with Gasteiger partial charge in [0.2, 0.25) is 0 Å². The van der Waals surface area contributed by atoms with Crippen molar-refractivity contribution in [2.75, 3.05) is 46.4 Å². The number of nitrogens with zero attached hydrogens (tertiary/aromatic N) is 2. The van der Waals surface area contributed by atoms with Crippen LogP contribution >= 0.6 is 0 Å². The number of allylic oxidation sites excluding steroid dienone is 2. The van der Waals surface area contributed by atoms with Gasteiger partial charge in [-0.25, -0.2) is 0 Å². The summed E-state index contributed by atoms with van der Waals surface area (Å²) in [6.07, 6.45) is 8.95. The van der Waals surface area contributed by atoms with Crippen LogP contribution in [0.25, 0.3) is 0 Å². The molecule has 0 unspecified atom stereocenters. The second-order valence-corrected chi connectivity index (χ2v) is 8.63. The standard InChI is InChI=1S/C27H35N3O2/c1-31-25-11-7-8-23(20-25)27(28)26-12-5-6-15-30(26)21-22-13-16-29(17-14-22)18-19-32-24-9-3-2-4-10-24/h2-12,20,22,27H,13-19,21,28H2,1H3/t27-/m0/s1. The third-order valence-corrected chi connectivity index (χ3v) is 6.47. The van der Waals surface area contributed by atoms with E-state index in [0.29, 0.717) is 5.92 Å². The number of rotatable bonds is 9. The first-order chi connectivity index (χ1) is 15.7. The molecule has 0 radical (unpaired) electrons. The van der Waals surface area contributed by atoms with Crippen LogP contribution in [0.3, 0.4) is 0 Å². The van der Waals surface area contributed by atoms with Crippen LogP contribution in [0.5, 0.6) is 11.5 Å². The molecule has 2 aliphatic rings. The fourth-order valence-corrected chi connectivity index (χ4v) is 4.57. The highest BCUT2D eigenvalue weighted by Gasteiger charge is 2.25. The zero-order valence-electron chi connectivity index (χ0n) is 19.0. The van der Waals surface area contributed by atoms with Gasteiger partial charge in [-0.2, -0.15) is 0 Å². The molecule has 0 aromatic heterocycles. The molecule has 5 nitrogen and oxygen atoms in total. The predicted molar refractivity (Wildman–Crippen MR) is 130 cm³/mol. The van der Waals surface area contributed by atoms with Crippen LogP contribution in [0, 0.1) is 5.92 Å². The topological polar surface area (TPSA) is 51.0 Å². The Morgan fingerprint density at radius 3 is 2.59 bits per heavy atom. The third kappa shape index (κ3) is 5.93. The second-order valence-electron chi connectivity index (χ2n) is 8.63. The first-order valence-electron chi connectivity index (χ1n) is 11.6. The number of hydrogen-bond donors (Lipinski definition) is 1. The van der Waals surface area contributed by atoms with Gasteiger partial charge in [0.25, 0.3) is 0 Å². The number of piperidine rings is 1. The average Bonchev–Trinajstić information content (AvgIpc) is 2.86. The van der Waals surface area contributed by atoms with Crippen molar-refractivity contribution in [3.05, 3.63) is 84.1 Å². The molecule has 1 fully saturated rings. The fraction of sp³-hybridized carbons (Fsp3) is 0.407. The first-order valence-corrected chi connectivity index (χ1v) is 11.6. The Kier molecular flexibility index (Phi) is 7.86. The molecule has 2 aromatic rings. The lowest BCUT2D eigenvalue weighted by atomic mass is 9.94. The first kappa shape index (κ1) is 22.4. The zero-order chi connectivity index (χ0) is 22.2. The van der Waals surface area contributed by atoms with Gasteiger partial charge in [-0.15, -0.1) is 0 Å². The van der Waals surface area contributed by atoms with E-state index in [1.807, 2.05) is 48.5 Å². The molecule has 2 N–H and O–H groups in total. The van der Waals surface area contributed by atoms with E-state index in [9.17, 15) is 0 Å². The van der Waals surface area contributed by atoms with Crippen LogP contribution in [0.15, 0.2) is 78.5 Å². The van der Waals surface area contributed by atoms with Gasteiger partial charge in [-0.1, -0.05) is 42.5 Å². The Morgan fingerprint density at radius 2 is 1.81 bits per heavy atom. The predicted octanol–water partition coefficient (Wildman–Crippen LogP) is 4.24. The van der Waals surface area contributed by atoms with Gasteiger partial charge < -0.3 is 20.1 Å². The summed E-state index contributed by atoms with van der Waals surface area (Å²) in [5, 5.41) is 0. The van der Waals surface area contributed by atoms with E-state index in [2.05, 4.69) is 34.1 Å². The van der Waals surface area contributed by atoms with Crippen molar-refractivity contribution < 1.29 is 9.47 Å². The number of likely N-dealkylation sites (tertiary alicyclic amines) is 1. The highest BCUT2D eigenvalue weighted by molar-refractivity contribution is 5.36. The number of methoxy groups -OCH3 is 1. The largest absolute Gasteiger partial charge is 0.497 e. The summed E-state index contributed by atoms with van der Waals surface area (Å²) in [4.78, 5) is 4.98. The summed E-state index contributed by atoms with van der Waals surface area (Å²) in [7, 11) is 1.69. The number of para-hydroxylation sites is 1. The summed E-state index contributed by atoms with van der Waals surface area (Å²) in [5.41, 5.74) is 8.97. The Hall–Kier alpha value is -2.76. The van der Waals surface area contributed by atoms with E-state index < -0.39 is 0 Å². The van der Waals surface area contributed by atoms with Crippen LogP contribution in [-0.4, -0.2) is 56.2 Å². The van der Waals surface area contributed by atoms with Gasteiger partial charge in [-0.05, 0) is 67.8 Å². The van der Waals surface area contributed by atoms with E-state index in [-0.39, 0.29) is 6.04 Å². The van der Waals surface area contributed by atoms with Crippen LogP contribution in [0.4, 0.5) is 0 Å². The Morgan fingerprint density at radius 1 is 1.03 bits per heavy atom. The van der Waals surface area contributed by atoms with Gasteiger partial charge in [0.1, 0.15) is 18.1 Å². The van der Waals surface area contributed by atoms with Crippen molar-refractivity contribution in [3.63, 3.8) is 0 Å². The highest BCUT2D eigenvalue weighted by Crippen LogP contribution is 2.29. The SMILES string of the molecule is COc1cccc([C@H](N)C2=CC=CCN2CC2CCN(CCOc3ccccc3)CC2)c1. The summed E-state index contributed by atoms with van der Waals surface area (Å²) >= 11 is 0. The monoisotopic (exact) mass is 433 g/mol. The van der Waals surface area contributed by atoms with E-state index in [0.717, 1.165) is 56.4 Å². The molecule has 5 heteroatoms. The van der Waals surface area contributed by atoms with Crippen molar-refractivity contribution in [2.24, 2.45) is 11.7 Å². The summed E-state index contributed by atoms with van der Waals surface area (Å²) < 4.78 is 11.3. The Labute approximate surface area is 192 Å². The molecule has 0 saturated carbocycles. The summed E-state index contributed by atoms with van der Waals surface area (Å²) in [6.45, 7) is 5.98. The molecular weight excluding hydrogens is 398 g/mol. The molecule has 0 spiro atoms. The second kappa shape index (κ2) is 11.2. The smallest absolute Gasteiger partial charge is 0.119 e. The van der Waals surface area contributed by atoms with Gasteiger partial charge in [0.05, 0.1) is 13.2 Å². The molecular formula is C27H35N3O2. The van der Waals surface area contributed by atoms with E-state index in [4.69, 9.17) is 15.2 Å². The number of benzene rings is 2. The highest BCUT2D eigenvalue weighted by atomic mass is 16.5. The fourth-order valence-electron chi connectivity index (χ4n) is 4.57. The third-order valence-electron chi connectivity index (χ3n) is 6.47. The maximum absolute atomic E-state index is 6.69. The van der Waals surface area contributed by atoms with Gasteiger partial charge in [0, 0.05) is 25.3 Å². The Bertz CT molecular complexity index is 904. The maximum atomic E-state index is 6.69. The summed E-state index contributed by atoms with van der Waals surface area (Å²) in [5.74, 6) is 2.49. The normalized spacial score (nSPS) is 18.3. The van der Waals surface area contributed by atoms with E-state index in [1.54, 1.807) is 7.11 Å². The molecule has 0 amide bonds. The molecule has 0 aliphatic carbocycles. The molecule has 1 atom stereocenters. The lowest BCUT2D eigenvalue weighted by molar-refractivity contribution is 0.138. The molecule has 4 rings (SSSR count). The van der Waals surface area contributed by atoms with Crippen molar-refractivity contribution in [1.82, 2.24) is 9.80 Å². The maximum Gasteiger partial charge on any atom is 0.119 e. The van der Waals surface area contributed by atoms with Crippen molar-refractivity contribution in [1.29, 1.82) is 0 Å². The molecule has 0 bridgehead atoms. The van der Waals surface area contributed by atoms with Crippen molar-refractivity contribution in [3.8, 4) is 11.5 Å². The number of ether oxygens (including phenoxy) is 2. The van der Waals surface area contributed by atoms with Crippen molar-refractivity contribution in [2.45, 2.75) is 18.9 Å². The lowest BCUT2D eigenvalue weighted by Gasteiger charge is -2.38. The minimum atomic E-state index is -0.148. The molecule has 2 heterocycles. The lowest BCUT2D eigenvalue weighted by Crippen LogP contribution is -2.41. The van der Waals surface area contributed by atoms with Gasteiger partial charge in [-0.3, -0.25) is 4.90 Å². The molecule has 2 aliphatic heterocycles. The minimum absolute atomic E-state index is 0.148. The quantitative estimate of drug-likeness (QED) is 0.641.